The maximum absolute atomic E-state index is 11.9. The lowest BCUT2D eigenvalue weighted by Crippen LogP contribution is -2.27. The van der Waals surface area contributed by atoms with Gasteiger partial charge in [0.2, 0.25) is 0 Å². The van der Waals surface area contributed by atoms with Gasteiger partial charge in [0.15, 0.2) is 0 Å². The summed E-state index contributed by atoms with van der Waals surface area (Å²) in [7, 11) is -3.67. The average molecular weight is 322 g/mol. The fourth-order valence-electron chi connectivity index (χ4n) is 2.11. The third-order valence-electron chi connectivity index (χ3n) is 3.06. The minimum Gasteiger partial charge on any atom is -0.477 e. The number of hydrogen-bond donors (Lipinski definition) is 1. The van der Waals surface area contributed by atoms with Crippen LogP contribution in [-0.2, 0) is 16.6 Å². The van der Waals surface area contributed by atoms with Crippen LogP contribution in [0.3, 0.4) is 0 Å². The zero-order chi connectivity index (χ0) is 15.0. The first-order valence-electron chi connectivity index (χ1n) is 5.95. The van der Waals surface area contributed by atoms with Gasteiger partial charge in [-0.25, -0.2) is 4.79 Å². The molecule has 0 radical (unpaired) electrons. The van der Waals surface area contributed by atoms with Gasteiger partial charge in [-0.3, -0.25) is 0 Å². The van der Waals surface area contributed by atoms with Gasteiger partial charge in [0, 0.05) is 0 Å². The van der Waals surface area contributed by atoms with Gasteiger partial charge in [0.05, 0.1) is 12.2 Å². The van der Waals surface area contributed by atoms with Gasteiger partial charge >= 0.3 is 5.97 Å². The molecular weight excluding hydrogens is 312 g/mol. The van der Waals surface area contributed by atoms with Crippen LogP contribution in [0.2, 0.25) is 0 Å². The van der Waals surface area contributed by atoms with Crippen molar-refractivity contribution in [3.8, 4) is 0 Å². The van der Waals surface area contributed by atoms with Crippen LogP contribution in [0.25, 0.3) is 0 Å². The van der Waals surface area contributed by atoms with Crippen molar-refractivity contribution in [3.05, 3.63) is 46.2 Å². The number of thiophene rings is 1. The highest BCUT2D eigenvalue weighted by atomic mass is 32.2. The number of para-hydroxylation sites is 1. The van der Waals surface area contributed by atoms with Crippen molar-refractivity contribution >= 4 is 39.4 Å². The molecule has 0 saturated heterocycles. The summed E-state index contributed by atoms with van der Waals surface area (Å²) < 4.78 is 27.3. The van der Waals surface area contributed by atoms with Crippen LogP contribution >= 0.6 is 11.3 Å². The molecule has 0 atom stereocenters. The molecule has 0 bridgehead atoms. The molecule has 3 rings (SSSR count). The molecule has 21 heavy (non-hydrogen) atoms. The maximum atomic E-state index is 11.9. The van der Waals surface area contributed by atoms with Gasteiger partial charge in [-0.1, -0.05) is 12.1 Å². The number of nitrogens with zero attached hydrogens (tertiary/aromatic N) is 2. The molecule has 1 aromatic carbocycles. The summed E-state index contributed by atoms with van der Waals surface area (Å²) in [5, 5.41) is 10.8. The maximum Gasteiger partial charge on any atom is 0.346 e. The number of fused-ring (bicyclic) bond motifs is 1. The van der Waals surface area contributed by atoms with E-state index in [-0.39, 0.29) is 16.3 Å². The fourth-order valence-corrected chi connectivity index (χ4v) is 3.91. The Morgan fingerprint density at radius 3 is 2.81 bits per heavy atom. The Morgan fingerprint density at radius 1 is 1.29 bits per heavy atom. The number of anilines is 1. The summed E-state index contributed by atoms with van der Waals surface area (Å²) in [6, 6.07) is 8.23. The third kappa shape index (κ3) is 2.43. The fraction of sp³-hybridized carbons (Fsp3) is 0.0769. The van der Waals surface area contributed by atoms with E-state index in [2.05, 4.69) is 4.40 Å². The van der Waals surface area contributed by atoms with Crippen molar-refractivity contribution in [2.24, 2.45) is 4.40 Å². The summed E-state index contributed by atoms with van der Waals surface area (Å²) in [6.07, 6.45) is 1.22. The van der Waals surface area contributed by atoms with Crippen LogP contribution < -0.4 is 4.90 Å². The van der Waals surface area contributed by atoms with E-state index in [0.29, 0.717) is 11.3 Å². The minimum absolute atomic E-state index is 0.125. The molecule has 1 aliphatic heterocycles. The first kappa shape index (κ1) is 13.8. The zero-order valence-electron chi connectivity index (χ0n) is 10.6. The number of hydrogen-bond acceptors (Lipinski definition) is 5. The van der Waals surface area contributed by atoms with Crippen molar-refractivity contribution in [3.63, 3.8) is 0 Å². The Morgan fingerprint density at radius 2 is 2.05 bits per heavy atom. The van der Waals surface area contributed by atoms with E-state index in [4.69, 9.17) is 5.11 Å². The van der Waals surface area contributed by atoms with E-state index in [1.165, 1.54) is 12.4 Å². The van der Waals surface area contributed by atoms with Crippen molar-refractivity contribution in [1.82, 2.24) is 0 Å². The van der Waals surface area contributed by atoms with Crippen LogP contribution in [0.5, 0.6) is 0 Å². The van der Waals surface area contributed by atoms with Gasteiger partial charge in [-0.2, -0.15) is 8.42 Å². The van der Waals surface area contributed by atoms with Gasteiger partial charge in [-0.15, -0.1) is 15.7 Å². The van der Waals surface area contributed by atoms with Gasteiger partial charge < -0.3 is 10.0 Å². The molecule has 0 fully saturated rings. The van der Waals surface area contributed by atoms with Gasteiger partial charge in [0.1, 0.15) is 16.1 Å². The third-order valence-corrected chi connectivity index (χ3v) is 5.28. The van der Waals surface area contributed by atoms with Crippen LogP contribution in [0.1, 0.15) is 15.2 Å². The summed E-state index contributed by atoms with van der Waals surface area (Å²) in [4.78, 5) is 13.1. The highest BCUT2D eigenvalue weighted by molar-refractivity contribution is 7.90. The minimum atomic E-state index is -3.67. The number of rotatable bonds is 3. The first-order chi connectivity index (χ1) is 9.99. The Balaban J connectivity index is 2.01. The predicted molar refractivity (Wildman–Crippen MR) is 79.6 cm³/mol. The highest BCUT2D eigenvalue weighted by Crippen LogP contribution is 2.31. The van der Waals surface area contributed by atoms with Gasteiger partial charge in [0.25, 0.3) is 10.0 Å². The van der Waals surface area contributed by atoms with Crippen molar-refractivity contribution in [2.45, 2.75) is 11.4 Å². The lowest BCUT2D eigenvalue weighted by molar-refractivity contribution is 0.0701. The van der Waals surface area contributed by atoms with Crippen LogP contribution in [0.15, 0.2) is 45.0 Å². The standard InChI is InChI=1S/C13H10N2O4S2/c16-13(17)12-9(5-6-20-12)7-15-8-14-21(18,19)11-4-2-1-3-10(11)15/h1-6,8H,7H2,(H,16,17). The molecule has 1 aliphatic rings. The summed E-state index contributed by atoms with van der Waals surface area (Å²) in [5.41, 5.74) is 1.11. The zero-order valence-corrected chi connectivity index (χ0v) is 12.3. The van der Waals surface area contributed by atoms with Crippen LogP contribution in [-0.4, -0.2) is 25.8 Å². The van der Waals surface area contributed by atoms with Crippen molar-refractivity contribution in [1.29, 1.82) is 0 Å². The molecule has 0 spiro atoms. The quantitative estimate of drug-likeness (QED) is 0.936. The Hall–Kier alpha value is -2.19. The van der Waals surface area contributed by atoms with E-state index >= 15 is 0 Å². The summed E-state index contributed by atoms with van der Waals surface area (Å²) >= 11 is 1.14. The van der Waals surface area contributed by atoms with Crippen LogP contribution in [0, 0.1) is 0 Å². The molecule has 2 heterocycles. The molecule has 0 aliphatic carbocycles. The molecule has 2 aromatic rings. The molecule has 8 heteroatoms. The van der Waals surface area contributed by atoms with E-state index in [1.807, 2.05) is 0 Å². The molecule has 1 aromatic heterocycles. The number of aromatic carboxylic acids is 1. The number of carboxylic acid groups (broad SMARTS) is 1. The Kier molecular flexibility index (Phi) is 3.26. The number of benzene rings is 1. The van der Waals surface area contributed by atoms with Crippen molar-refractivity contribution in [2.75, 3.05) is 4.90 Å². The number of sulfonamides is 1. The normalized spacial score (nSPS) is 15.7. The molecular formula is C13H10N2O4S2. The first-order valence-corrected chi connectivity index (χ1v) is 8.27. The molecule has 0 unspecified atom stereocenters. The Labute approximate surface area is 125 Å². The lowest BCUT2D eigenvalue weighted by Gasteiger charge is -2.24. The predicted octanol–water partition coefficient (Wildman–Crippen LogP) is 2.18. The molecule has 0 saturated carbocycles. The Bertz CT molecular complexity index is 839. The molecule has 1 N–H and O–H groups in total. The highest BCUT2D eigenvalue weighted by Gasteiger charge is 2.25. The second kappa shape index (κ2) is 4.97. The molecule has 0 amide bonds. The van der Waals surface area contributed by atoms with E-state index in [9.17, 15) is 13.2 Å². The van der Waals surface area contributed by atoms with E-state index in [0.717, 1.165) is 11.3 Å². The topological polar surface area (TPSA) is 87.0 Å². The molecule has 108 valence electrons. The summed E-state index contributed by atoms with van der Waals surface area (Å²) in [6.45, 7) is 0.251. The number of carbonyl (C=O) groups is 1. The monoisotopic (exact) mass is 322 g/mol. The van der Waals surface area contributed by atoms with Gasteiger partial charge in [-0.05, 0) is 29.1 Å². The van der Waals surface area contributed by atoms with E-state index < -0.39 is 16.0 Å². The number of carboxylic acids is 1. The smallest absolute Gasteiger partial charge is 0.346 e. The summed E-state index contributed by atoms with van der Waals surface area (Å²) in [5.74, 6) is -0.991. The second-order valence-electron chi connectivity index (χ2n) is 4.37. The van der Waals surface area contributed by atoms with Crippen molar-refractivity contribution < 1.29 is 18.3 Å². The van der Waals surface area contributed by atoms with Crippen LogP contribution in [0.4, 0.5) is 5.69 Å². The largest absolute Gasteiger partial charge is 0.477 e. The lowest BCUT2D eigenvalue weighted by atomic mass is 10.2. The second-order valence-corrected chi connectivity index (χ2v) is 6.89. The van der Waals surface area contributed by atoms with E-state index in [1.54, 1.807) is 34.5 Å². The average Bonchev–Trinajstić information content (AvgIpc) is 2.91. The molecule has 6 nitrogen and oxygen atoms in total. The SMILES string of the molecule is O=C(O)c1sccc1CN1C=NS(=O)(=O)c2ccccc21.